The molecule has 0 radical (unpaired) electrons. The van der Waals surface area contributed by atoms with E-state index < -0.39 is 11.6 Å². The fourth-order valence-corrected chi connectivity index (χ4v) is 3.20. The minimum atomic E-state index is -1.07. The number of carboxylic acid groups (broad SMARTS) is 1. The van der Waals surface area contributed by atoms with Crippen molar-refractivity contribution in [3.05, 3.63) is 33.9 Å². The molecule has 0 saturated heterocycles. The van der Waals surface area contributed by atoms with E-state index in [0.29, 0.717) is 33.2 Å². The lowest BCUT2D eigenvalue weighted by Gasteiger charge is -2.34. The van der Waals surface area contributed by atoms with Crippen molar-refractivity contribution < 1.29 is 9.90 Å². The first-order valence-corrected chi connectivity index (χ1v) is 9.44. The Balaban J connectivity index is 2.51. The zero-order valence-electron chi connectivity index (χ0n) is 16.3. The Morgan fingerprint density at radius 1 is 1.26 bits per heavy atom. The molecule has 6 nitrogen and oxygen atoms in total. The highest BCUT2D eigenvalue weighted by molar-refractivity contribution is 6.45. The van der Waals surface area contributed by atoms with Crippen LogP contribution in [0.2, 0.25) is 10.0 Å². The third kappa shape index (κ3) is 5.23. The number of carbonyl (C=O) groups is 1. The van der Waals surface area contributed by atoms with E-state index in [0.717, 1.165) is 18.8 Å². The predicted octanol–water partition coefficient (Wildman–Crippen LogP) is 4.48. The van der Waals surface area contributed by atoms with Crippen LogP contribution in [0.5, 0.6) is 0 Å². The first-order chi connectivity index (χ1) is 12.5. The number of rotatable bonds is 6. The van der Waals surface area contributed by atoms with Crippen LogP contribution in [0.25, 0.3) is 10.9 Å². The summed E-state index contributed by atoms with van der Waals surface area (Å²) >= 11 is 12.6. The summed E-state index contributed by atoms with van der Waals surface area (Å²) in [6.07, 6.45) is -1.07. The molecular weight excluding hydrogens is 387 g/mol. The highest BCUT2D eigenvalue weighted by Gasteiger charge is 2.30. The second-order valence-corrected chi connectivity index (χ2v) is 8.44. The average molecular weight is 413 g/mol. The van der Waals surface area contributed by atoms with Gasteiger partial charge in [0.1, 0.15) is 0 Å². The summed E-state index contributed by atoms with van der Waals surface area (Å²) in [6, 6.07) is 5.28. The first-order valence-electron chi connectivity index (χ1n) is 8.68. The quantitative estimate of drug-likeness (QED) is 0.684. The Kier molecular flexibility index (Phi) is 6.92. The normalized spacial score (nSPS) is 12.0. The van der Waals surface area contributed by atoms with E-state index in [1.807, 2.05) is 47.0 Å². The van der Waals surface area contributed by atoms with Gasteiger partial charge in [-0.3, -0.25) is 4.90 Å². The van der Waals surface area contributed by atoms with E-state index >= 15 is 0 Å². The number of pyridine rings is 1. The van der Waals surface area contributed by atoms with Crippen LogP contribution in [0.3, 0.4) is 0 Å². The number of aromatic nitrogens is 1. The molecule has 0 aliphatic carbocycles. The molecule has 0 aliphatic rings. The van der Waals surface area contributed by atoms with Gasteiger partial charge in [-0.05, 0) is 53.1 Å². The molecule has 1 aromatic carbocycles. The third-order valence-electron chi connectivity index (χ3n) is 4.05. The van der Waals surface area contributed by atoms with Gasteiger partial charge >= 0.3 is 6.09 Å². The fourth-order valence-electron chi connectivity index (χ4n) is 2.79. The van der Waals surface area contributed by atoms with E-state index in [9.17, 15) is 9.90 Å². The van der Waals surface area contributed by atoms with Crippen molar-refractivity contribution in [1.29, 1.82) is 0 Å². The SMILES string of the molecule is CN(C)CCNCc1ccc2c(Cl)c(Cl)cc(N(C(=O)O)C(C)(C)C)c2n1. The van der Waals surface area contributed by atoms with Crippen molar-refractivity contribution in [3.63, 3.8) is 0 Å². The summed E-state index contributed by atoms with van der Waals surface area (Å²) in [4.78, 5) is 20.0. The lowest BCUT2D eigenvalue weighted by molar-refractivity contribution is 0.195. The van der Waals surface area contributed by atoms with Crippen LogP contribution in [0.4, 0.5) is 10.5 Å². The van der Waals surface area contributed by atoms with Gasteiger partial charge in [0.15, 0.2) is 0 Å². The maximum absolute atomic E-state index is 12.0. The molecule has 0 bridgehead atoms. The molecule has 0 fully saturated rings. The Hall–Kier alpha value is -1.60. The smallest absolute Gasteiger partial charge is 0.412 e. The second-order valence-electron chi connectivity index (χ2n) is 7.66. The van der Waals surface area contributed by atoms with Crippen molar-refractivity contribution in [2.75, 3.05) is 32.1 Å². The van der Waals surface area contributed by atoms with Crippen molar-refractivity contribution in [3.8, 4) is 0 Å². The Bertz CT molecular complexity index is 835. The van der Waals surface area contributed by atoms with E-state index in [1.165, 1.54) is 4.90 Å². The first kappa shape index (κ1) is 21.7. The van der Waals surface area contributed by atoms with Gasteiger partial charge in [0, 0.05) is 30.6 Å². The molecule has 2 rings (SSSR count). The largest absolute Gasteiger partial charge is 0.465 e. The lowest BCUT2D eigenvalue weighted by Crippen LogP contribution is -2.45. The van der Waals surface area contributed by atoms with Gasteiger partial charge in [-0.1, -0.05) is 23.2 Å². The highest BCUT2D eigenvalue weighted by Crippen LogP contribution is 2.39. The van der Waals surface area contributed by atoms with Crippen LogP contribution in [0, 0.1) is 0 Å². The molecule has 0 saturated carbocycles. The summed E-state index contributed by atoms with van der Waals surface area (Å²) in [7, 11) is 4.03. The number of amides is 1. The lowest BCUT2D eigenvalue weighted by atomic mass is 10.0. The van der Waals surface area contributed by atoms with E-state index in [2.05, 4.69) is 15.2 Å². The number of hydrogen-bond donors (Lipinski definition) is 2. The van der Waals surface area contributed by atoms with Crippen LogP contribution in [-0.4, -0.2) is 53.8 Å². The van der Waals surface area contributed by atoms with Gasteiger partial charge in [-0.15, -0.1) is 0 Å². The predicted molar refractivity (Wildman–Crippen MR) is 112 cm³/mol. The topological polar surface area (TPSA) is 68.7 Å². The van der Waals surface area contributed by atoms with E-state index in [1.54, 1.807) is 6.07 Å². The molecule has 27 heavy (non-hydrogen) atoms. The Morgan fingerprint density at radius 3 is 2.48 bits per heavy atom. The number of fused-ring (bicyclic) bond motifs is 1. The van der Waals surface area contributed by atoms with Gasteiger partial charge in [-0.25, -0.2) is 9.78 Å². The fraction of sp³-hybridized carbons (Fsp3) is 0.474. The van der Waals surface area contributed by atoms with Gasteiger partial charge < -0.3 is 15.3 Å². The summed E-state index contributed by atoms with van der Waals surface area (Å²) < 4.78 is 0. The molecule has 2 aromatic rings. The molecule has 1 heterocycles. The summed E-state index contributed by atoms with van der Waals surface area (Å²) in [6.45, 7) is 7.78. The van der Waals surface area contributed by atoms with Crippen molar-refractivity contribution >= 4 is 45.9 Å². The number of benzene rings is 1. The van der Waals surface area contributed by atoms with Crippen LogP contribution in [0.1, 0.15) is 26.5 Å². The molecule has 1 amide bonds. The summed E-state index contributed by atoms with van der Waals surface area (Å²) in [5, 5.41) is 14.4. The Labute approximate surface area is 170 Å². The number of hydrogen-bond acceptors (Lipinski definition) is 4. The van der Waals surface area contributed by atoms with Gasteiger partial charge in [0.2, 0.25) is 0 Å². The third-order valence-corrected chi connectivity index (χ3v) is 4.85. The summed E-state index contributed by atoms with van der Waals surface area (Å²) in [5.41, 5.74) is 1.08. The van der Waals surface area contributed by atoms with Crippen molar-refractivity contribution in [1.82, 2.24) is 15.2 Å². The van der Waals surface area contributed by atoms with Crippen molar-refractivity contribution in [2.24, 2.45) is 0 Å². The van der Waals surface area contributed by atoms with Crippen LogP contribution < -0.4 is 10.2 Å². The number of likely N-dealkylation sites (N-methyl/N-ethyl adjacent to an activating group) is 1. The molecule has 8 heteroatoms. The monoisotopic (exact) mass is 412 g/mol. The maximum Gasteiger partial charge on any atom is 0.412 e. The number of nitrogens with zero attached hydrogens (tertiary/aromatic N) is 3. The number of halogens is 2. The zero-order chi connectivity index (χ0) is 20.4. The Morgan fingerprint density at radius 2 is 1.93 bits per heavy atom. The van der Waals surface area contributed by atoms with Crippen LogP contribution in [-0.2, 0) is 6.54 Å². The second kappa shape index (κ2) is 8.61. The molecule has 2 N–H and O–H groups in total. The minimum Gasteiger partial charge on any atom is -0.465 e. The standard InChI is InChI=1S/C19H26Cl2N4O2/c1-19(2,3)25(18(26)27)15-10-14(20)16(21)13-7-6-12(23-17(13)15)11-22-8-9-24(4)5/h6-7,10,22H,8-9,11H2,1-5H3,(H,26,27). The van der Waals surface area contributed by atoms with Gasteiger partial charge in [-0.2, -0.15) is 0 Å². The molecule has 0 spiro atoms. The summed E-state index contributed by atoms with van der Waals surface area (Å²) in [5.74, 6) is 0. The number of anilines is 1. The zero-order valence-corrected chi connectivity index (χ0v) is 17.8. The van der Waals surface area contributed by atoms with Gasteiger partial charge in [0.25, 0.3) is 0 Å². The number of nitrogens with one attached hydrogen (secondary N) is 1. The van der Waals surface area contributed by atoms with E-state index in [-0.39, 0.29) is 0 Å². The molecule has 0 atom stereocenters. The van der Waals surface area contributed by atoms with Gasteiger partial charge in [0.05, 0.1) is 26.9 Å². The van der Waals surface area contributed by atoms with Crippen LogP contribution >= 0.6 is 23.2 Å². The van der Waals surface area contributed by atoms with Crippen LogP contribution in [0.15, 0.2) is 18.2 Å². The molecule has 0 unspecified atom stereocenters. The minimum absolute atomic E-state index is 0.299. The van der Waals surface area contributed by atoms with E-state index in [4.69, 9.17) is 23.2 Å². The highest BCUT2D eigenvalue weighted by atomic mass is 35.5. The molecule has 0 aliphatic heterocycles. The molecule has 148 valence electrons. The average Bonchev–Trinajstić information content (AvgIpc) is 2.54. The molecule has 1 aromatic heterocycles. The van der Waals surface area contributed by atoms with Crippen molar-refractivity contribution in [2.45, 2.75) is 32.9 Å². The maximum atomic E-state index is 12.0. The molecular formula is C19H26Cl2N4O2.